The minimum absolute atomic E-state index is 0.0743. The predicted molar refractivity (Wildman–Crippen MR) is 76.5 cm³/mol. The summed E-state index contributed by atoms with van der Waals surface area (Å²) >= 11 is 3.57. The van der Waals surface area contributed by atoms with Crippen LogP contribution in [0.4, 0.5) is 0 Å². The molecule has 0 aliphatic heterocycles. The maximum atomic E-state index is 6.16. The summed E-state index contributed by atoms with van der Waals surface area (Å²) in [5, 5.41) is 0. The van der Waals surface area contributed by atoms with Gasteiger partial charge in [0.05, 0.1) is 18.7 Å². The van der Waals surface area contributed by atoms with Crippen LogP contribution in [0.5, 0.6) is 11.5 Å². The minimum Gasteiger partial charge on any atom is -0.496 e. The summed E-state index contributed by atoms with van der Waals surface area (Å²) in [4.78, 5) is 0. The molecule has 1 atom stereocenters. The van der Waals surface area contributed by atoms with Gasteiger partial charge >= 0.3 is 0 Å². The Morgan fingerprint density at radius 1 is 1.28 bits per heavy atom. The number of hydrogen-bond donors (Lipinski definition) is 1. The van der Waals surface area contributed by atoms with E-state index in [2.05, 4.69) is 28.9 Å². The zero-order chi connectivity index (χ0) is 13.5. The summed E-state index contributed by atoms with van der Waals surface area (Å²) in [5.74, 6) is 1.74. The summed E-state index contributed by atoms with van der Waals surface area (Å²) in [5.41, 5.74) is 8.45. The van der Waals surface area contributed by atoms with Crippen LogP contribution in [0.25, 0.3) is 0 Å². The van der Waals surface area contributed by atoms with Crippen molar-refractivity contribution in [1.82, 2.24) is 0 Å². The van der Waals surface area contributed by atoms with Crippen LogP contribution in [-0.2, 0) is 5.41 Å². The normalized spacial score (nSPS) is 18.3. The molecule has 0 heterocycles. The van der Waals surface area contributed by atoms with E-state index in [9.17, 15) is 0 Å². The molecule has 18 heavy (non-hydrogen) atoms. The molecule has 0 saturated heterocycles. The lowest BCUT2D eigenvalue weighted by Gasteiger charge is -2.25. The minimum atomic E-state index is 0.0743. The number of methoxy groups -OCH3 is 2. The van der Waals surface area contributed by atoms with E-state index in [-0.39, 0.29) is 11.5 Å². The zero-order valence-electron chi connectivity index (χ0n) is 11.3. The summed E-state index contributed by atoms with van der Waals surface area (Å²) < 4.78 is 12.0. The Morgan fingerprint density at radius 2 is 1.83 bits per heavy atom. The molecule has 0 radical (unpaired) electrons. The first kappa shape index (κ1) is 13.7. The molecule has 1 fully saturated rings. The average molecular weight is 314 g/mol. The number of rotatable bonds is 4. The predicted octanol–water partition coefficient (Wildman–Crippen LogP) is 3.15. The first-order valence-corrected chi connectivity index (χ1v) is 6.94. The molecule has 1 aromatic carbocycles. The molecule has 3 nitrogen and oxygen atoms in total. The third-order valence-electron chi connectivity index (χ3n) is 4.02. The Morgan fingerprint density at radius 3 is 2.22 bits per heavy atom. The molecule has 0 aromatic heterocycles. The highest BCUT2D eigenvalue weighted by Gasteiger charge is 2.49. The lowest BCUT2D eigenvalue weighted by Crippen LogP contribution is -2.32. The molecule has 1 aliphatic rings. The van der Waals surface area contributed by atoms with E-state index < -0.39 is 0 Å². The van der Waals surface area contributed by atoms with Gasteiger partial charge < -0.3 is 15.2 Å². The fourth-order valence-electron chi connectivity index (χ4n) is 2.73. The molecule has 2 N–H and O–H groups in total. The van der Waals surface area contributed by atoms with Crippen molar-refractivity contribution < 1.29 is 9.47 Å². The topological polar surface area (TPSA) is 44.5 Å². The van der Waals surface area contributed by atoms with Gasteiger partial charge in [0, 0.05) is 22.6 Å². The molecule has 1 saturated carbocycles. The van der Waals surface area contributed by atoms with Crippen LogP contribution in [0.2, 0.25) is 0 Å². The summed E-state index contributed by atoms with van der Waals surface area (Å²) in [6.07, 6.45) is 2.25. The SMILES string of the molecule is COc1c(Br)cc(C2(C(C)N)CC2)c(OC)c1C. The second-order valence-corrected chi connectivity index (χ2v) is 5.90. The van der Waals surface area contributed by atoms with Gasteiger partial charge in [0.1, 0.15) is 11.5 Å². The molecule has 2 rings (SSSR count). The molecule has 0 amide bonds. The van der Waals surface area contributed by atoms with Gasteiger partial charge in [0.25, 0.3) is 0 Å². The van der Waals surface area contributed by atoms with Crippen molar-refractivity contribution in [3.63, 3.8) is 0 Å². The van der Waals surface area contributed by atoms with Crippen molar-refractivity contribution in [2.45, 2.75) is 38.1 Å². The Kier molecular flexibility index (Phi) is 3.60. The number of benzene rings is 1. The maximum Gasteiger partial charge on any atom is 0.139 e. The molecule has 100 valence electrons. The lowest BCUT2D eigenvalue weighted by molar-refractivity contribution is 0.377. The summed E-state index contributed by atoms with van der Waals surface area (Å²) in [6.45, 7) is 4.09. The fraction of sp³-hybridized carbons (Fsp3) is 0.571. The van der Waals surface area contributed by atoms with Gasteiger partial charge in [0.2, 0.25) is 0 Å². The van der Waals surface area contributed by atoms with Crippen molar-refractivity contribution in [3.8, 4) is 11.5 Å². The monoisotopic (exact) mass is 313 g/mol. The van der Waals surface area contributed by atoms with Gasteiger partial charge in [-0.15, -0.1) is 0 Å². The quantitative estimate of drug-likeness (QED) is 0.928. The van der Waals surface area contributed by atoms with Gasteiger partial charge in [-0.2, -0.15) is 0 Å². The molecule has 1 aromatic rings. The van der Waals surface area contributed by atoms with Crippen molar-refractivity contribution in [3.05, 3.63) is 21.7 Å². The van der Waals surface area contributed by atoms with Crippen LogP contribution in [0.3, 0.4) is 0 Å². The third kappa shape index (κ3) is 1.91. The standard InChI is InChI=1S/C14H20BrNO2/c1-8-12(17-3)10(7-11(15)13(8)18-4)14(5-6-14)9(2)16/h7,9H,5-6,16H2,1-4H3. The summed E-state index contributed by atoms with van der Waals surface area (Å²) in [7, 11) is 3.38. The molecule has 0 bridgehead atoms. The van der Waals surface area contributed by atoms with Crippen molar-refractivity contribution in [1.29, 1.82) is 0 Å². The van der Waals surface area contributed by atoms with Gasteiger partial charge in [-0.25, -0.2) is 0 Å². The molecule has 1 aliphatic carbocycles. The second kappa shape index (κ2) is 4.74. The van der Waals surface area contributed by atoms with E-state index in [0.29, 0.717) is 0 Å². The number of hydrogen-bond acceptors (Lipinski definition) is 3. The highest BCUT2D eigenvalue weighted by atomic mass is 79.9. The van der Waals surface area contributed by atoms with E-state index in [1.54, 1.807) is 14.2 Å². The van der Waals surface area contributed by atoms with Gasteiger partial charge in [-0.1, -0.05) is 0 Å². The first-order chi connectivity index (χ1) is 8.47. The Hall–Kier alpha value is -0.740. The number of halogens is 1. The zero-order valence-corrected chi connectivity index (χ0v) is 12.9. The van der Waals surface area contributed by atoms with Crippen LogP contribution >= 0.6 is 15.9 Å². The number of nitrogens with two attached hydrogens (primary N) is 1. The van der Waals surface area contributed by atoms with Crippen LogP contribution in [-0.4, -0.2) is 20.3 Å². The fourth-order valence-corrected chi connectivity index (χ4v) is 3.42. The van der Waals surface area contributed by atoms with Gasteiger partial charge in [-0.05, 0) is 48.7 Å². The maximum absolute atomic E-state index is 6.16. The molecule has 4 heteroatoms. The smallest absolute Gasteiger partial charge is 0.139 e. The van der Waals surface area contributed by atoms with Crippen LogP contribution in [0, 0.1) is 6.92 Å². The lowest BCUT2D eigenvalue weighted by atomic mass is 9.87. The highest BCUT2D eigenvalue weighted by Crippen LogP contribution is 2.55. The van der Waals surface area contributed by atoms with Gasteiger partial charge in [-0.3, -0.25) is 0 Å². The first-order valence-electron chi connectivity index (χ1n) is 6.15. The van der Waals surface area contributed by atoms with Crippen LogP contribution < -0.4 is 15.2 Å². The Balaban J connectivity index is 2.62. The summed E-state index contributed by atoms with van der Waals surface area (Å²) in [6, 6.07) is 2.23. The van der Waals surface area contributed by atoms with Crippen molar-refractivity contribution >= 4 is 15.9 Å². The number of ether oxygens (including phenoxy) is 2. The largest absolute Gasteiger partial charge is 0.496 e. The second-order valence-electron chi connectivity index (χ2n) is 5.04. The Labute approximate surface area is 117 Å². The molecular weight excluding hydrogens is 294 g/mol. The van der Waals surface area contributed by atoms with Gasteiger partial charge in [0.15, 0.2) is 0 Å². The van der Waals surface area contributed by atoms with Crippen LogP contribution in [0.1, 0.15) is 30.9 Å². The van der Waals surface area contributed by atoms with E-state index in [0.717, 1.165) is 34.4 Å². The highest BCUT2D eigenvalue weighted by molar-refractivity contribution is 9.10. The van der Waals surface area contributed by atoms with E-state index in [4.69, 9.17) is 15.2 Å². The molecule has 1 unspecified atom stereocenters. The average Bonchev–Trinajstić information content (AvgIpc) is 3.10. The van der Waals surface area contributed by atoms with E-state index in [1.807, 2.05) is 6.92 Å². The van der Waals surface area contributed by atoms with Crippen molar-refractivity contribution in [2.24, 2.45) is 5.73 Å². The third-order valence-corrected chi connectivity index (χ3v) is 4.61. The van der Waals surface area contributed by atoms with Crippen molar-refractivity contribution in [2.75, 3.05) is 14.2 Å². The van der Waals surface area contributed by atoms with E-state index >= 15 is 0 Å². The van der Waals surface area contributed by atoms with Crippen LogP contribution in [0.15, 0.2) is 10.5 Å². The van der Waals surface area contributed by atoms with E-state index in [1.165, 1.54) is 5.56 Å². The Bertz CT molecular complexity index is 467. The molecule has 0 spiro atoms. The molecular formula is C14H20BrNO2.